The van der Waals surface area contributed by atoms with Crippen LogP contribution in [0, 0.1) is 0 Å². The molecule has 0 radical (unpaired) electrons. The van der Waals surface area contributed by atoms with Crippen LogP contribution in [0.4, 0.5) is 26.3 Å². The molecule has 0 aliphatic carbocycles. The van der Waals surface area contributed by atoms with Gasteiger partial charge in [0.1, 0.15) is 0 Å². The van der Waals surface area contributed by atoms with Gasteiger partial charge in [0, 0.05) is 0 Å². The van der Waals surface area contributed by atoms with Gasteiger partial charge in [0.15, 0.2) is 0 Å². The molecule has 0 spiro atoms. The topological polar surface area (TPSA) is 64.3 Å². The normalized spacial score (nSPS) is 23.0. The Balaban J connectivity index is 1.90. The van der Waals surface area contributed by atoms with Crippen molar-refractivity contribution in [1.29, 1.82) is 0 Å². The fourth-order valence-electron chi connectivity index (χ4n) is 3.67. The van der Waals surface area contributed by atoms with E-state index in [-0.39, 0.29) is 18.2 Å². The molecule has 1 aliphatic rings. The molecule has 3 N–H and O–H groups in total. The van der Waals surface area contributed by atoms with Crippen LogP contribution in [0.1, 0.15) is 48.1 Å². The molecule has 4 nitrogen and oxygen atoms in total. The molecule has 1 unspecified atom stereocenters. The van der Waals surface area contributed by atoms with E-state index in [1.165, 1.54) is 6.92 Å². The molecule has 3 rings (SSSR count). The SMILES string of the molecule is C[C@@H](OC[C@@]1(c2ccccc2)CCC(N)C(=O)N1)c1cc(C(F)(F)F)cc(C(F)(F)F)c1. The highest BCUT2D eigenvalue weighted by atomic mass is 19.4. The Bertz CT molecular complexity index is 929. The number of rotatable bonds is 5. The molecular formula is C22H22F6N2O2. The van der Waals surface area contributed by atoms with Crippen molar-refractivity contribution in [3.63, 3.8) is 0 Å². The lowest BCUT2D eigenvalue weighted by molar-refractivity contribution is -0.143. The predicted molar refractivity (Wildman–Crippen MR) is 104 cm³/mol. The van der Waals surface area contributed by atoms with E-state index in [9.17, 15) is 31.1 Å². The molecule has 1 amide bonds. The van der Waals surface area contributed by atoms with Gasteiger partial charge in [-0.3, -0.25) is 4.79 Å². The van der Waals surface area contributed by atoms with Gasteiger partial charge in [-0.1, -0.05) is 30.3 Å². The zero-order chi connectivity index (χ0) is 23.7. The number of ether oxygens (including phenoxy) is 1. The highest BCUT2D eigenvalue weighted by molar-refractivity contribution is 5.83. The van der Waals surface area contributed by atoms with E-state index >= 15 is 0 Å². The third-order valence-corrected chi connectivity index (χ3v) is 5.57. The lowest BCUT2D eigenvalue weighted by Gasteiger charge is -2.41. The first kappa shape index (κ1) is 24.1. The number of nitrogens with two attached hydrogens (primary N) is 1. The maximum absolute atomic E-state index is 13.2. The van der Waals surface area contributed by atoms with Crippen LogP contribution in [0.2, 0.25) is 0 Å². The molecule has 0 saturated carbocycles. The Hall–Kier alpha value is -2.59. The average Bonchev–Trinajstić information content (AvgIpc) is 2.73. The summed E-state index contributed by atoms with van der Waals surface area (Å²) in [7, 11) is 0. The number of hydrogen-bond acceptors (Lipinski definition) is 3. The van der Waals surface area contributed by atoms with Crippen molar-refractivity contribution in [2.75, 3.05) is 6.61 Å². The van der Waals surface area contributed by atoms with Crippen LogP contribution in [0.15, 0.2) is 48.5 Å². The zero-order valence-corrected chi connectivity index (χ0v) is 17.1. The van der Waals surface area contributed by atoms with Crippen molar-refractivity contribution in [3.05, 3.63) is 70.8 Å². The van der Waals surface area contributed by atoms with Crippen LogP contribution >= 0.6 is 0 Å². The van der Waals surface area contributed by atoms with Gasteiger partial charge >= 0.3 is 12.4 Å². The number of hydrogen-bond donors (Lipinski definition) is 2. The Morgan fingerprint density at radius 3 is 2.12 bits per heavy atom. The van der Waals surface area contributed by atoms with Crippen LogP contribution in [-0.4, -0.2) is 18.6 Å². The van der Waals surface area contributed by atoms with E-state index in [0.29, 0.717) is 30.5 Å². The smallest absolute Gasteiger partial charge is 0.371 e. The maximum atomic E-state index is 13.2. The third kappa shape index (κ3) is 5.24. The second-order valence-electron chi connectivity index (χ2n) is 7.87. The average molecular weight is 460 g/mol. The summed E-state index contributed by atoms with van der Waals surface area (Å²) in [4.78, 5) is 12.3. The molecule has 32 heavy (non-hydrogen) atoms. The van der Waals surface area contributed by atoms with Crippen molar-refractivity contribution >= 4 is 5.91 Å². The summed E-state index contributed by atoms with van der Waals surface area (Å²) in [5.74, 6) is -0.408. The summed E-state index contributed by atoms with van der Waals surface area (Å²) >= 11 is 0. The fraction of sp³-hybridized carbons (Fsp3) is 0.409. The van der Waals surface area contributed by atoms with Crippen LogP contribution in [-0.2, 0) is 27.4 Å². The van der Waals surface area contributed by atoms with Gasteiger partial charge in [0.25, 0.3) is 0 Å². The molecule has 1 heterocycles. The van der Waals surface area contributed by atoms with Crippen molar-refractivity contribution in [1.82, 2.24) is 5.32 Å². The summed E-state index contributed by atoms with van der Waals surface area (Å²) < 4.78 is 84.8. The predicted octanol–water partition coefficient (Wildman–Crippen LogP) is 4.93. The van der Waals surface area contributed by atoms with E-state index in [1.807, 2.05) is 0 Å². The number of piperidine rings is 1. The number of halogens is 6. The van der Waals surface area contributed by atoms with Crippen molar-refractivity contribution in [2.24, 2.45) is 5.73 Å². The van der Waals surface area contributed by atoms with E-state index in [0.717, 1.165) is 0 Å². The molecule has 3 atom stereocenters. The molecule has 0 aromatic heterocycles. The lowest BCUT2D eigenvalue weighted by Crippen LogP contribution is -2.58. The number of amides is 1. The quantitative estimate of drug-likeness (QED) is 0.622. The molecule has 1 fully saturated rings. The molecule has 1 saturated heterocycles. The molecule has 1 aliphatic heterocycles. The van der Waals surface area contributed by atoms with Gasteiger partial charge in [0.05, 0.1) is 35.4 Å². The molecule has 174 valence electrons. The minimum absolute atomic E-state index is 0.0738. The minimum atomic E-state index is -4.95. The fourth-order valence-corrected chi connectivity index (χ4v) is 3.67. The highest BCUT2D eigenvalue weighted by Gasteiger charge is 2.41. The van der Waals surface area contributed by atoms with Gasteiger partial charge in [0.2, 0.25) is 5.91 Å². The van der Waals surface area contributed by atoms with Gasteiger partial charge in [-0.15, -0.1) is 0 Å². The lowest BCUT2D eigenvalue weighted by atomic mass is 9.81. The van der Waals surface area contributed by atoms with Crippen LogP contribution in [0.5, 0.6) is 0 Å². The summed E-state index contributed by atoms with van der Waals surface area (Å²) in [6.45, 7) is 1.21. The Labute approximate surface area is 180 Å². The first-order chi connectivity index (χ1) is 14.8. The minimum Gasteiger partial charge on any atom is -0.371 e. The maximum Gasteiger partial charge on any atom is 0.416 e. The first-order valence-corrected chi connectivity index (χ1v) is 9.86. The second-order valence-corrected chi connectivity index (χ2v) is 7.87. The van der Waals surface area contributed by atoms with Crippen LogP contribution < -0.4 is 11.1 Å². The summed E-state index contributed by atoms with van der Waals surface area (Å²) in [5, 5.41) is 2.83. The number of benzene rings is 2. The molecule has 2 aromatic rings. The van der Waals surface area contributed by atoms with Gasteiger partial charge < -0.3 is 15.8 Å². The second kappa shape index (κ2) is 8.74. The van der Waals surface area contributed by atoms with Crippen molar-refractivity contribution in [3.8, 4) is 0 Å². The Kier molecular flexibility index (Phi) is 6.57. The first-order valence-electron chi connectivity index (χ1n) is 9.86. The van der Waals surface area contributed by atoms with Gasteiger partial charge in [-0.2, -0.15) is 26.3 Å². The third-order valence-electron chi connectivity index (χ3n) is 5.57. The molecular weight excluding hydrogens is 438 g/mol. The summed E-state index contributed by atoms with van der Waals surface area (Å²) in [6, 6.07) is 9.46. The highest BCUT2D eigenvalue weighted by Crippen LogP contribution is 2.39. The number of nitrogens with one attached hydrogen (secondary N) is 1. The van der Waals surface area contributed by atoms with Crippen LogP contribution in [0.25, 0.3) is 0 Å². The monoisotopic (exact) mass is 460 g/mol. The molecule has 0 bridgehead atoms. The van der Waals surface area contributed by atoms with Crippen LogP contribution in [0.3, 0.4) is 0 Å². The summed E-state index contributed by atoms with van der Waals surface area (Å²) in [6.07, 6.45) is -10.3. The molecule has 2 aromatic carbocycles. The number of carbonyl (C=O) groups excluding carboxylic acids is 1. The standard InChI is InChI=1S/C22H22F6N2O2/c1-13(14-9-16(21(23,24)25)11-17(10-14)22(26,27)28)32-12-20(15-5-3-2-4-6-15)8-7-18(29)19(31)30-20/h2-6,9-11,13,18H,7-8,12,29H2,1H3,(H,30,31)/t13-,18?,20-/m1/s1. The van der Waals surface area contributed by atoms with E-state index in [4.69, 9.17) is 10.5 Å². The van der Waals surface area contributed by atoms with E-state index in [1.54, 1.807) is 30.3 Å². The zero-order valence-electron chi connectivity index (χ0n) is 17.1. The van der Waals surface area contributed by atoms with Gasteiger partial charge in [-0.05, 0) is 49.1 Å². The van der Waals surface area contributed by atoms with Gasteiger partial charge in [-0.25, -0.2) is 0 Å². The Morgan fingerprint density at radius 1 is 1.06 bits per heavy atom. The van der Waals surface area contributed by atoms with Crippen molar-refractivity contribution in [2.45, 2.75) is 49.8 Å². The van der Waals surface area contributed by atoms with E-state index < -0.39 is 47.1 Å². The van der Waals surface area contributed by atoms with Crippen molar-refractivity contribution < 1.29 is 35.9 Å². The Morgan fingerprint density at radius 2 is 1.62 bits per heavy atom. The number of carbonyl (C=O) groups is 1. The number of alkyl halides is 6. The van der Waals surface area contributed by atoms with E-state index in [2.05, 4.69) is 5.32 Å². The largest absolute Gasteiger partial charge is 0.416 e. The molecule has 10 heteroatoms. The summed E-state index contributed by atoms with van der Waals surface area (Å²) in [5.41, 5.74) is 2.38.